The van der Waals surface area contributed by atoms with Gasteiger partial charge in [0, 0.05) is 12.6 Å². The Labute approximate surface area is 104 Å². The zero-order valence-electron chi connectivity index (χ0n) is 10.8. The highest BCUT2D eigenvalue weighted by molar-refractivity contribution is 7.99. The molecule has 96 valence electrons. The minimum absolute atomic E-state index is 0.00808. The van der Waals surface area contributed by atoms with E-state index in [-0.39, 0.29) is 17.9 Å². The van der Waals surface area contributed by atoms with Gasteiger partial charge in [-0.3, -0.25) is 4.79 Å². The molecule has 0 bridgehead atoms. The Morgan fingerprint density at radius 1 is 1.38 bits per heavy atom. The fourth-order valence-corrected chi connectivity index (χ4v) is 2.35. The molecule has 4 heteroatoms. The smallest absolute Gasteiger partial charge is 0.224 e. The van der Waals surface area contributed by atoms with E-state index >= 15 is 0 Å². The lowest BCUT2D eigenvalue weighted by Gasteiger charge is -2.18. The summed E-state index contributed by atoms with van der Waals surface area (Å²) in [7, 11) is 0. The monoisotopic (exact) mass is 246 g/mol. The van der Waals surface area contributed by atoms with Crippen molar-refractivity contribution in [3.05, 3.63) is 0 Å². The van der Waals surface area contributed by atoms with Crippen molar-refractivity contribution in [1.82, 2.24) is 5.32 Å². The first-order valence-electron chi connectivity index (χ1n) is 6.23. The first kappa shape index (κ1) is 15.8. The molecule has 0 aromatic heterocycles. The van der Waals surface area contributed by atoms with Crippen LogP contribution in [0.1, 0.15) is 40.0 Å². The third-order valence-corrected chi connectivity index (χ3v) is 3.51. The molecule has 0 aromatic rings. The van der Waals surface area contributed by atoms with Gasteiger partial charge in [-0.2, -0.15) is 11.8 Å². The number of thioether (sulfide) groups is 1. The van der Waals surface area contributed by atoms with Crippen LogP contribution in [0.25, 0.3) is 0 Å². The summed E-state index contributed by atoms with van der Waals surface area (Å²) in [5.41, 5.74) is 5.59. The van der Waals surface area contributed by atoms with Crippen LogP contribution in [-0.4, -0.2) is 30.0 Å². The molecule has 2 unspecified atom stereocenters. The van der Waals surface area contributed by atoms with E-state index in [1.54, 1.807) is 0 Å². The van der Waals surface area contributed by atoms with Gasteiger partial charge in [-0.15, -0.1) is 0 Å². The summed E-state index contributed by atoms with van der Waals surface area (Å²) in [5.74, 6) is 2.37. The lowest BCUT2D eigenvalue weighted by Crippen LogP contribution is -2.40. The molecular weight excluding hydrogens is 220 g/mol. The molecular formula is C12H26N2OS. The van der Waals surface area contributed by atoms with Crippen LogP contribution in [0.2, 0.25) is 0 Å². The molecule has 2 atom stereocenters. The number of hydrogen-bond acceptors (Lipinski definition) is 3. The largest absolute Gasteiger partial charge is 0.353 e. The molecule has 0 rings (SSSR count). The number of nitrogens with two attached hydrogens (primary N) is 1. The molecule has 16 heavy (non-hydrogen) atoms. The highest BCUT2D eigenvalue weighted by atomic mass is 32.2. The summed E-state index contributed by atoms with van der Waals surface area (Å²) in [6.45, 7) is 6.75. The molecule has 0 aliphatic rings. The van der Waals surface area contributed by atoms with Gasteiger partial charge in [0.15, 0.2) is 0 Å². The fraction of sp³-hybridized carbons (Fsp3) is 0.917. The molecule has 0 aromatic carbocycles. The molecule has 0 radical (unpaired) electrons. The first-order valence-corrected chi connectivity index (χ1v) is 7.39. The minimum atomic E-state index is -0.00808. The zero-order chi connectivity index (χ0) is 12.4. The predicted octanol–water partition coefficient (Wildman–Crippen LogP) is 2.01. The van der Waals surface area contributed by atoms with E-state index in [2.05, 4.69) is 26.1 Å². The summed E-state index contributed by atoms with van der Waals surface area (Å²) in [5, 5.41) is 3.04. The molecule has 0 saturated heterocycles. The number of rotatable bonds is 9. The number of hydrogen-bond donors (Lipinski definition) is 2. The van der Waals surface area contributed by atoms with Crippen molar-refractivity contribution in [1.29, 1.82) is 0 Å². The van der Waals surface area contributed by atoms with E-state index in [1.807, 2.05) is 11.8 Å². The Bertz CT molecular complexity index is 188. The normalized spacial score (nSPS) is 14.5. The van der Waals surface area contributed by atoms with Gasteiger partial charge in [0.1, 0.15) is 0 Å². The third-order valence-electron chi connectivity index (χ3n) is 2.58. The van der Waals surface area contributed by atoms with Gasteiger partial charge in [-0.05, 0) is 31.3 Å². The summed E-state index contributed by atoms with van der Waals surface area (Å²) in [6.07, 6.45) is 2.93. The molecule has 0 spiro atoms. The summed E-state index contributed by atoms with van der Waals surface area (Å²) < 4.78 is 0. The lowest BCUT2D eigenvalue weighted by atomic mass is 10.0. The van der Waals surface area contributed by atoms with Gasteiger partial charge in [-0.1, -0.05) is 20.3 Å². The summed E-state index contributed by atoms with van der Waals surface area (Å²) in [6, 6.07) is 0.262. The highest BCUT2D eigenvalue weighted by Crippen LogP contribution is 2.07. The third kappa shape index (κ3) is 7.12. The maximum absolute atomic E-state index is 11.8. The standard InChI is InChI=1S/C12H26N2OS/c1-4-6-11(9-13)12(15)14-10(3)7-8-16-5-2/h10-11H,4-9,13H2,1-3H3,(H,14,15). The number of carbonyl (C=O) groups excluding carboxylic acids is 1. The van der Waals surface area contributed by atoms with Crippen LogP contribution in [0.3, 0.4) is 0 Å². The number of carbonyl (C=O) groups is 1. The van der Waals surface area contributed by atoms with Gasteiger partial charge in [-0.25, -0.2) is 0 Å². The Kier molecular flexibility index (Phi) is 9.83. The van der Waals surface area contributed by atoms with Gasteiger partial charge >= 0.3 is 0 Å². The Morgan fingerprint density at radius 3 is 2.56 bits per heavy atom. The second kappa shape index (κ2) is 9.97. The van der Waals surface area contributed by atoms with Crippen LogP contribution in [-0.2, 0) is 4.79 Å². The lowest BCUT2D eigenvalue weighted by molar-refractivity contribution is -0.125. The van der Waals surface area contributed by atoms with E-state index in [0.29, 0.717) is 6.54 Å². The van der Waals surface area contributed by atoms with Crippen LogP contribution in [0, 0.1) is 5.92 Å². The van der Waals surface area contributed by atoms with E-state index < -0.39 is 0 Å². The van der Waals surface area contributed by atoms with Gasteiger partial charge in [0.05, 0.1) is 5.92 Å². The quantitative estimate of drug-likeness (QED) is 0.612. The van der Waals surface area contributed by atoms with E-state index in [0.717, 1.165) is 30.8 Å². The number of nitrogens with one attached hydrogen (secondary N) is 1. The summed E-state index contributed by atoms with van der Waals surface area (Å²) in [4.78, 5) is 11.8. The van der Waals surface area contributed by atoms with Crippen molar-refractivity contribution in [2.45, 2.75) is 46.1 Å². The van der Waals surface area contributed by atoms with Crippen molar-refractivity contribution in [2.24, 2.45) is 11.7 Å². The maximum atomic E-state index is 11.8. The second-order valence-corrected chi connectivity index (χ2v) is 5.51. The molecule has 3 N–H and O–H groups in total. The minimum Gasteiger partial charge on any atom is -0.353 e. The van der Waals surface area contributed by atoms with Crippen LogP contribution < -0.4 is 11.1 Å². The van der Waals surface area contributed by atoms with E-state index in [9.17, 15) is 4.79 Å². The molecule has 0 saturated carbocycles. The van der Waals surface area contributed by atoms with Crippen LogP contribution >= 0.6 is 11.8 Å². The van der Waals surface area contributed by atoms with Crippen molar-refractivity contribution < 1.29 is 4.79 Å². The van der Waals surface area contributed by atoms with E-state index in [4.69, 9.17) is 5.73 Å². The Morgan fingerprint density at radius 2 is 2.06 bits per heavy atom. The van der Waals surface area contributed by atoms with E-state index in [1.165, 1.54) is 0 Å². The predicted molar refractivity (Wildman–Crippen MR) is 72.7 cm³/mol. The fourth-order valence-electron chi connectivity index (χ4n) is 1.54. The van der Waals surface area contributed by atoms with Gasteiger partial charge in [0.2, 0.25) is 5.91 Å². The SMILES string of the molecule is CCCC(CN)C(=O)NC(C)CCSCC. The topological polar surface area (TPSA) is 55.1 Å². The van der Waals surface area contributed by atoms with Crippen LogP contribution in [0.5, 0.6) is 0 Å². The van der Waals surface area contributed by atoms with Crippen LogP contribution in [0.4, 0.5) is 0 Å². The van der Waals surface area contributed by atoms with Crippen molar-refractivity contribution >= 4 is 17.7 Å². The zero-order valence-corrected chi connectivity index (χ0v) is 11.6. The molecule has 0 fully saturated rings. The van der Waals surface area contributed by atoms with Gasteiger partial charge < -0.3 is 11.1 Å². The average Bonchev–Trinajstić information content (AvgIpc) is 2.26. The summed E-state index contributed by atoms with van der Waals surface area (Å²) >= 11 is 1.91. The Balaban J connectivity index is 3.82. The maximum Gasteiger partial charge on any atom is 0.224 e. The van der Waals surface area contributed by atoms with Crippen molar-refractivity contribution in [3.8, 4) is 0 Å². The van der Waals surface area contributed by atoms with Crippen molar-refractivity contribution in [3.63, 3.8) is 0 Å². The first-order chi connectivity index (χ1) is 7.65. The molecule has 3 nitrogen and oxygen atoms in total. The second-order valence-electron chi connectivity index (χ2n) is 4.12. The molecule has 0 aliphatic carbocycles. The van der Waals surface area contributed by atoms with Crippen molar-refractivity contribution in [2.75, 3.05) is 18.1 Å². The highest BCUT2D eigenvalue weighted by Gasteiger charge is 2.17. The molecule has 0 aliphatic heterocycles. The van der Waals surface area contributed by atoms with Gasteiger partial charge in [0.25, 0.3) is 0 Å². The molecule has 0 heterocycles. The molecule has 1 amide bonds. The Hall–Kier alpha value is -0.220. The van der Waals surface area contributed by atoms with Crippen LogP contribution in [0.15, 0.2) is 0 Å². The average molecular weight is 246 g/mol. The number of amides is 1.